The Bertz CT molecular complexity index is 915. The number of carbonyl (C=O) groups excluding carboxylic acids is 1. The molecular formula is C21H20ClN3O3. The zero-order valence-electron chi connectivity index (χ0n) is 15.3. The van der Waals surface area contributed by atoms with Gasteiger partial charge >= 0.3 is 0 Å². The van der Waals surface area contributed by atoms with Crippen LogP contribution in [0, 0.1) is 0 Å². The summed E-state index contributed by atoms with van der Waals surface area (Å²) in [7, 11) is 1.62. The Balaban J connectivity index is 1.49. The van der Waals surface area contributed by atoms with Gasteiger partial charge in [0.2, 0.25) is 0 Å². The van der Waals surface area contributed by atoms with E-state index in [1.165, 1.54) is 0 Å². The molecule has 3 aromatic rings. The van der Waals surface area contributed by atoms with Crippen molar-refractivity contribution < 1.29 is 14.3 Å². The zero-order valence-corrected chi connectivity index (χ0v) is 16.1. The summed E-state index contributed by atoms with van der Waals surface area (Å²) < 4.78 is 10.8. The number of pyridine rings is 1. The van der Waals surface area contributed by atoms with E-state index >= 15 is 0 Å². The van der Waals surface area contributed by atoms with E-state index in [9.17, 15) is 4.79 Å². The maximum absolute atomic E-state index is 12.3. The topological polar surface area (TPSA) is 72.5 Å². The van der Waals surface area contributed by atoms with Gasteiger partial charge in [0.25, 0.3) is 5.91 Å². The van der Waals surface area contributed by atoms with Gasteiger partial charge in [-0.3, -0.25) is 9.78 Å². The predicted molar refractivity (Wildman–Crippen MR) is 111 cm³/mol. The molecule has 28 heavy (non-hydrogen) atoms. The highest BCUT2D eigenvalue weighted by atomic mass is 35.5. The molecule has 0 aliphatic rings. The minimum Gasteiger partial charge on any atom is -0.497 e. The van der Waals surface area contributed by atoms with Crippen molar-refractivity contribution in [2.75, 3.05) is 30.9 Å². The van der Waals surface area contributed by atoms with Gasteiger partial charge < -0.3 is 20.1 Å². The molecule has 0 atom stereocenters. The van der Waals surface area contributed by atoms with Gasteiger partial charge in [-0.2, -0.15) is 0 Å². The number of carbonyl (C=O) groups is 1. The summed E-state index contributed by atoms with van der Waals surface area (Å²) in [5.74, 6) is 1.26. The first-order chi connectivity index (χ1) is 13.6. The van der Waals surface area contributed by atoms with Crippen LogP contribution in [-0.2, 0) is 0 Å². The third-order valence-electron chi connectivity index (χ3n) is 3.85. The molecule has 7 heteroatoms. The highest BCUT2D eigenvalue weighted by molar-refractivity contribution is 6.30. The van der Waals surface area contributed by atoms with Crippen molar-refractivity contribution in [3.05, 3.63) is 77.6 Å². The molecular weight excluding hydrogens is 378 g/mol. The molecule has 2 aromatic carbocycles. The number of methoxy groups -OCH3 is 1. The van der Waals surface area contributed by atoms with Crippen molar-refractivity contribution >= 4 is 28.9 Å². The van der Waals surface area contributed by atoms with Gasteiger partial charge in [0.05, 0.1) is 7.11 Å². The fraction of sp³-hybridized carbons (Fsp3) is 0.143. The maximum Gasteiger partial charge on any atom is 0.274 e. The van der Waals surface area contributed by atoms with Gasteiger partial charge in [-0.05, 0) is 60.7 Å². The van der Waals surface area contributed by atoms with E-state index in [-0.39, 0.29) is 5.91 Å². The highest BCUT2D eigenvalue weighted by Gasteiger charge is 2.08. The average Bonchev–Trinajstić information content (AvgIpc) is 2.73. The number of nitrogens with one attached hydrogen (secondary N) is 2. The number of hydrogen-bond acceptors (Lipinski definition) is 5. The normalized spacial score (nSPS) is 10.2. The number of nitrogens with zero attached hydrogens (tertiary/aromatic N) is 1. The number of ether oxygens (including phenoxy) is 2. The Hall–Kier alpha value is -3.25. The minimum absolute atomic E-state index is 0.291. The molecule has 1 aromatic heterocycles. The fourth-order valence-corrected chi connectivity index (χ4v) is 2.56. The summed E-state index contributed by atoms with van der Waals surface area (Å²) in [5.41, 5.74) is 1.76. The molecule has 0 fully saturated rings. The van der Waals surface area contributed by atoms with Crippen molar-refractivity contribution in [1.29, 1.82) is 0 Å². The van der Waals surface area contributed by atoms with Crippen molar-refractivity contribution in [3.8, 4) is 11.5 Å². The second-order valence-corrected chi connectivity index (χ2v) is 6.28. The van der Waals surface area contributed by atoms with E-state index in [0.29, 0.717) is 29.6 Å². The molecule has 0 aliphatic heterocycles. The largest absolute Gasteiger partial charge is 0.497 e. The van der Waals surface area contributed by atoms with Gasteiger partial charge in [-0.1, -0.05) is 11.6 Å². The molecule has 0 spiro atoms. The monoisotopic (exact) mass is 397 g/mol. The average molecular weight is 398 g/mol. The molecule has 1 heterocycles. The molecule has 0 aliphatic carbocycles. The minimum atomic E-state index is -0.291. The second kappa shape index (κ2) is 9.62. The lowest BCUT2D eigenvalue weighted by atomic mass is 10.2. The molecule has 3 rings (SSSR count). The standard InChI is InChI=1S/C21H20ClN3O3/c1-27-18-6-8-19(9-7-18)28-13-12-23-17-10-11-24-20(14-17)21(26)25-16-4-2-15(22)3-5-16/h2-11,14H,12-13H2,1H3,(H,23,24)(H,25,26). The van der Waals surface area contributed by atoms with Crippen LogP contribution in [0.1, 0.15) is 10.5 Å². The molecule has 1 amide bonds. The fourth-order valence-electron chi connectivity index (χ4n) is 2.43. The number of halogens is 1. The Labute approximate surface area is 168 Å². The first kappa shape index (κ1) is 19.5. The number of anilines is 2. The van der Waals surface area contributed by atoms with Crippen LogP contribution in [0.3, 0.4) is 0 Å². The number of hydrogen-bond donors (Lipinski definition) is 2. The lowest BCUT2D eigenvalue weighted by Gasteiger charge is -2.10. The Kier molecular flexibility index (Phi) is 6.70. The van der Waals surface area contributed by atoms with Crippen LogP contribution in [0.25, 0.3) is 0 Å². The molecule has 144 valence electrons. The van der Waals surface area contributed by atoms with Crippen molar-refractivity contribution in [2.45, 2.75) is 0 Å². The van der Waals surface area contributed by atoms with Crippen molar-refractivity contribution in [2.24, 2.45) is 0 Å². The first-order valence-electron chi connectivity index (χ1n) is 8.68. The highest BCUT2D eigenvalue weighted by Crippen LogP contribution is 2.17. The predicted octanol–water partition coefficient (Wildman–Crippen LogP) is 4.49. The summed E-state index contributed by atoms with van der Waals surface area (Å²) in [4.78, 5) is 16.5. The number of amides is 1. The summed E-state index contributed by atoms with van der Waals surface area (Å²) in [5, 5.41) is 6.62. The lowest BCUT2D eigenvalue weighted by molar-refractivity contribution is 0.102. The Morgan fingerprint density at radius 2 is 1.71 bits per heavy atom. The molecule has 0 saturated carbocycles. The van der Waals surface area contributed by atoms with Gasteiger partial charge in [0.15, 0.2) is 0 Å². The van der Waals surface area contributed by atoms with E-state index in [1.807, 2.05) is 24.3 Å². The number of rotatable bonds is 8. The number of aromatic nitrogens is 1. The van der Waals surface area contributed by atoms with Gasteiger partial charge in [0, 0.05) is 29.1 Å². The van der Waals surface area contributed by atoms with E-state index < -0.39 is 0 Å². The van der Waals surface area contributed by atoms with Gasteiger partial charge in [-0.25, -0.2) is 0 Å². The van der Waals surface area contributed by atoms with Gasteiger partial charge in [0.1, 0.15) is 23.8 Å². The lowest BCUT2D eigenvalue weighted by Crippen LogP contribution is -2.15. The number of benzene rings is 2. The molecule has 0 saturated heterocycles. The Morgan fingerprint density at radius 3 is 2.43 bits per heavy atom. The van der Waals surface area contributed by atoms with Crippen LogP contribution in [0.2, 0.25) is 5.02 Å². The molecule has 2 N–H and O–H groups in total. The molecule has 0 radical (unpaired) electrons. The molecule has 0 unspecified atom stereocenters. The second-order valence-electron chi connectivity index (χ2n) is 5.84. The maximum atomic E-state index is 12.3. The first-order valence-corrected chi connectivity index (χ1v) is 9.05. The third kappa shape index (κ3) is 5.62. The van der Waals surface area contributed by atoms with Crippen molar-refractivity contribution in [1.82, 2.24) is 4.98 Å². The van der Waals surface area contributed by atoms with Gasteiger partial charge in [-0.15, -0.1) is 0 Å². The summed E-state index contributed by atoms with van der Waals surface area (Å²) >= 11 is 5.85. The van der Waals surface area contributed by atoms with E-state index in [1.54, 1.807) is 49.7 Å². The van der Waals surface area contributed by atoms with Crippen LogP contribution in [0.5, 0.6) is 11.5 Å². The quantitative estimate of drug-likeness (QED) is 0.548. The van der Waals surface area contributed by atoms with E-state index in [0.717, 1.165) is 17.2 Å². The van der Waals surface area contributed by atoms with Crippen LogP contribution < -0.4 is 20.1 Å². The summed E-state index contributed by atoms with van der Waals surface area (Å²) in [6.07, 6.45) is 1.59. The van der Waals surface area contributed by atoms with E-state index in [4.69, 9.17) is 21.1 Å². The summed E-state index contributed by atoms with van der Waals surface area (Å²) in [6, 6.07) is 17.8. The molecule has 6 nitrogen and oxygen atoms in total. The van der Waals surface area contributed by atoms with Crippen LogP contribution in [0.15, 0.2) is 66.9 Å². The smallest absolute Gasteiger partial charge is 0.274 e. The third-order valence-corrected chi connectivity index (χ3v) is 4.11. The van der Waals surface area contributed by atoms with Crippen LogP contribution in [-0.4, -0.2) is 31.2 Å². The van der Waals surface area contributed by atoms with Crippen molar-refractivity contribution in [3.63, 3.8) is 0 Å². The van der Waals surface area contributed by atoms with E-state index in [2.05, 4.69) is 15.6 Å². The molecule has 0 bridgehead atoms. The zero-order chi connectivity index (χ0) is 19.8. The van der Waals surface area contributed by atoms with Crippen LogP contribution >= 0.6 is 11.6 Å². The van der Waals surface area contributed by atoms with Crippen LogP contribution in [0.4, 0.5) is 11.4 Å². The SMILES string of the molecule is COc1ccc(OCCNc2ccnc(C(=O)Nc3ccc(Cl)cc3)c2)cc1. The summed E-state index contributed by atoms with van der Waals surface area (Å²) in [6.45, 7) is 1.05. The Morgan fingerprint density at radius 1 is 1.00 bits per heavy atom.